The summed E-state index contributed by atoms with van der Waals surface area (Å²) in [5.41, 5.74) is -1.01. The zero-order valence-corrected chi connectivity index (χ0v) is 21.4. The number of halogens is 2. The minimum Gasteiger partial charge on any atom is -0.493 e. The molecule has 1 N–H and O–H groups in total. The molecule has 2 saturated heterocycles. The third kappa shape index (κ3) is 5.73. The normalized spacial score (nSPS) is 21.6. The fourth-order valence-electron chi connectivity index (χ4n) is 5.42. The maximum atomic E-state index is 15.0. The monoisotopic (exact) mass is 500 g/mol. The number of carbonyl (C=O) groups excluding carboxylic acids is 1. The third-order valence-electron chi connectivity index (χ3n) is 8.08. The number of rotatable bonds is 10. The van der Waals surface area contributed by atoms with E-state index >= 15 is 0 Å². The lowest BCUT2D eigenvalue weighted by Gasteiger charge is -2.36. The van der Waals surface area contributed by atoms with Crippen LogP contribution in [0.5, 0.6) is 5.75 Å². The second-order valence-electron chi connectivity index (χ2n) is 10.3. The molecule has 5 nitrogen and oxygen atoms in total. The first-order chi connectivity index (χ1) is 17.3. The van der Waals surface area contributed by atoms with E-state index in [2.05, 4.69) is 4.90 Å². The molecule has 2 aliphatic heterocycles. The van der Waals surface area contributed by atoms with E-state index in [1.54, 1.807) is 12.1 Å². The van der Waals surface area contributed by atoms with Crippen LogP contribution in [0.15, 0.2) is 42.5 Å². The van der Waals surface area contributed by atoms with Gasteiger partial charge in [-0.25, -0.2) is 8.78 Å². The third-order valence-corrected chi connectivity index (χ3v) is 8.08. The minimum absolute atomic E-state index is 0.128. The average molecular weight is 501 g/mol. The maximum Gasteiger partial charge on any atom is 0.212 e. The summed E-state index contributed by atoms with van der Waals surface area (Å²) in [5.74, 6) is 0.686. The number of piperidine rings is 1. The molecule has 0 bridgehead atoms. The average Bonchev–Trinajstić information content (AvgIpc) is 3.29. The standard InChI is InChI=1S/C29H38F2N2O3/c1-3-28(31,4-2)20-32-16-12-22(13-17-32)19-36-25-9-6-23(7-10-25)24-8-11-26(27(30)18-24)29(35)14-5-15-33(29)21-34/h6-11,18,21-22,35H,3-5,12-17,19-20H2,1-2H3. The van der Waals surface area contributed by atoms with Crippen LogP contribution in [0.2, 0.25) is 0 Å². The number of amides is 1. The number of hydrogen-bond acceptors (Lipinski definition) is 4. The second-order valence-corrected chi connectivity index (χ2v) is 10.3. The molecule has 4 rings (SSSR count). The molecule has 0 saturated carbocycles. The highest BCUT2D eigenvalue weighted by atomic mass is 19.1. The fraction of sp³-hybridized carbons (Fsp3) is 0.552. The SMILES string of the molecule is CCC(F)(CC)CN1CCC(COc2ccc(-c3ccc(C4(O)CCCN4C=O)c(F)c3)cc2)CC1. The first-order valence-corrected chi connectivity index (χ1v) is 13.2. The Labute approximate surface area is 213 Å². The number of ether oxygens (including phenoxy) is 1. The van der Waals surface area contributed by atoms with Crippen LogP contribution >= 0.6 is 0 Å². The number of hydrogen-bond donors (Lipinski definition) is 1. The van der Waals surface area contributed by atoms with Gasteiger partial charge in [0.05, 0.1) is 6.61 Å². The molecule has 0 aromatic heterocycles. The fourth-order valence-corrected chi connectivity index (χ4v) is 5.42. The number of carbonyl (C=O) groups is 1. The van der Waals surface area contributed by atoms with Crippen molar-refractivity contribution >= 4 is 6.41 Å². The molecule has 1 amide bonds. The highest BCUT2D eigenvalue weighted by Gasteiger charge is 2.41. The first kappa shape index (κ1) is 26.6. The predicted octanol–water partition coefficient (Wildman–Crippen LogP) is 5.51. The number of likely N-dealkylation sites (tertiary alicyclic amines) is 2. The van der Waals surface area contributed by atoms with Gasteiger partial charge in [-0.15, -0.1) is 0 Å². The van der Waals surface area contributed by atoms with E-state index in [1.165, 1.54) is 11.0 Å². The summed E-state index contributed by atoms with van der Waals surface area (Å²) in [7, 11) is 0. The van der Waals surface area contributed by atoms with Gasteiger partial charge in [0, 0.05) is 25.1 Å². The number of alkyl halides is 1. The van der Waals surface area contributed by atoms with Crippen LogP contribution in [0, 0.1) is 11.7 Å². The summed E-state index contributed by atoms with van der Waals surface area (Å²) >= 11 is 0. The molecule has 0 spiro atoms. The molecule has 7 heteroatoms. The Bertz CT molecular complexity index is 1020. The van der Waals surface area contributed by atoms with Crippen molar-refractivity contribution in [2.24, 2.45) is 5.92 Å². The Morgan fingerprint density at radius 2 is 1.75 bits per heavy atom. The van der Waals surface area contributed by atoms with Gasteiger partial charge < -0.3 is 19.6 Å². The zero-order chi connectivity index (χ0) is 25.8. The number of nitrogens with zero attached hydrogens (tertiary/aromatic N) is 2. The quantitative estimate of drug-likeness (QED) is 0.437. The van der Waals surface area contributed by atoms with E-state index in [0.717, 1.165) is 37.2 Å². The largest absolute Gasteiger partial charge is 0.493 e. The molecular formula is C29H38F2N2O3. The zero-order valence-electron chi connectivity index (χ0n) is 21.4. The predicted molar refractivity (Wildman–Crippen MR) is 137 cm³/mol. The summed E-state index contributed by atoms with van der Waals surface area (Å²) in [5, 5.41) is 10.9. The lowest BCUT2D eigenvalue weighted by Crippen LogP contribution is -2.44. The molecule has 0 aliphatic carbocycles. The molecule has 1 atom stereocenters. The molecule has 2 fully saturated rings. The molecule has 2 aliphatic rings. The topological polar surface area (TPSA) is 53.0 Å². The van der Waals surface area contributed by atoms with Crippen molar-refractivity contribution in [2.45, 2.75) is 63.8 Å². The van der Waals surface area contributed by atoms with Gasteiger partial charge in [0.2, 0.25) is 6.41 Å². The van der Waals surface area contributed by atoms with Crippen molar-refractivity contribution in [1.29, 1.82) is 0 Å². The van der Waals surface area contributed by atoms with Crippen LogP contribution in [-0.2, 0) is 10.5 Å². The summed E-state index contributed by atoms with van der Waals surface area (Å²) in [4.78, 5) is 14.8. The van der Waals surface area contributed by atoms with E-state index in [9.17, 15) is 18.7 Å². The van der Waals surface area contributed by atoms with Crippen molar-refractivity contribution < 1.29 is 23.4 Å². The van der Waals surface area contributed by atoms with Gasteiger partial charge in [-0.2, -0.15) is 0 Å². The summed E-state index contributed by atoms with van der Waals surface area (Å²) in [6, 6.07) is 12.3. The summed E-state index contributed by atoms with van der Waals surface area (Å²) < 4.78 is 35.7. The van der Waals surface area contributed by atoms with Crippen LogP contribution in [0.25, 0.3) is 11.1 Å². The Kier molecular flexibility index (Phi) is 8.30. The van der Waals surface area contributed by atoms with Crippen molar-refractivity contribution in [3.05, 3.63) is 53.8 Å². The Hall–Kier alpha value is -2.51. The van der Waals surface area contributed by atoms with Gasteiger partial charge in [0.15, 0.2) is 5.72 Å². The molecule has 2 aromatic carbocycles. The van der Waals surface area contributed by atoms with Gasteiger partial charge in [0.25, 0.3) is 0 Å². The molecule has 1 unspecified atom stereocenters. The van der Waals surface area contributed by atoms with Crippen LogP contribution in [-0.4, -0.2) is 59.8 Å². The minimum atomic E-state index is -1.58. The number of aliphatic hydroxyl groups is 1. The number of benzene rings is 2. The maximum absolute atomic E-state index is 15.0. The Morgan fingerprint density at radius 3 is 2.36 bits per heavy atom. The van der Waals surface area contributed by atoms with E-state index in [1.807, 2.05) is 38.1 Å². The lowest BCUT2D eigenvalue weighted by molar-refractivity contribution is -0.140. The van der Waals surface area contributed by atoms with Crippen molar-refractivity contribution in [2.75, 3.05) is 32.8 Å². The van der Waals surface area contributed by atoms with E-state index in [0.29, 0.717) is 63.3 Å². The van der Waals surface area contributed by atoms with Gasteiger partial charge in [-0.05, 0) is 80.4 Å². The van der Waals surface area contributed by atoms with Gasteiger partial charge in [0.1, 0.15) is 17.2 Å². The van der Waals surface area contributed by atoms with Crippen LogP contribution < -0.4 is 4.74 Å². The molecular weight excluding hydrogens is 462 g/mol. The van der Waals surface area contributed by atoms with Gasteiger partial charge in [-0.1, -0.05) is 38.1 Å². The van der Waals surface area contributed by atoms with E-state index < -0.39 is 17.2 Å². The Morgan fingerprint density at radius 1 is 1.08 bits per heavy atom. The summed E-state index contributed by atoms with van der Waals surface area (Å²) in [6.45, 7) is 7.21. The van der Waals surface area contributed by atoms with Crippen LogP contribution in [0.1, 0.15) is 57.9 Å². The molecule has 2 aromatic rings. The molecule has 196 valence electrons. The molecule has 0 radical (unpaired) electrons. The lowest BCUT2D eigenvalue weighted by atomic mass is 9.94. The molecule has 2 heterocycles. The van der Waals surface area contributed by atoms with Crippen LogP contribution in [0.3, 0.4) is 0 Å². The van der Waals surface area contributed by atoms with Crippen molar-refractivity contribution in [3.8, 4) is 16.9 Å². The van der Waals surface area contributed by atoms with Gasteiger partial charge >= 0.3 is 0 Å². The van der Waals surface area contributed by atoms with Crippen LogP contribution in [0.4, 0.5) is 8.78 Å². The van der Waals surface area contributed by atoms with Crippen molar-refractivity contribution in [3.63, 3.8) is 0 Å². The van der Waals surface area contributed by atoms with E-state index in [-0.39, 0.29) is 5.56 Å². The summed E-state index contributed by atoms with van der Waals surface area (Å²) in [6.07, 6.45) is 4.65. The van der Waals surface area contributed by atoms with Gasteiger partial charge in [-0.3, -0.25) is 4.79 Å². The van der Waals surface area contributed by atoms with E-state index in [4.69, 9.17) is 4.74 Å². The first-order valence-electron chi connectivity index (χ1n) is 13.2. The highest BCUT2D eigenvalue weighted by Crippen LogP contribution is 2.38. The smallest absolute Gasteiger partial charge is 0.212 e. The molecule has 36 heavy (non-hydrogen) atoms. The Balaban J connectivity index is 1.31. The second kappa shape index (κ2) is 11.3. The highest BCUT2D eigenvalue weighted by molar-refractivity contribution is 5.65. The van der Waals surface area contributed by atoms with Crippen molar-refractivity contribution in [1.82, 2.24) is 9.80 Å².